The van der Waals surface area contributed by atoms with E-state index in [9.17, 15) is 9.59 Å². The second-order valence-corrected chi connectivity index (χ2v) is 6.00. The molecule has 1 amide bonds. The largest absolute Gasteiger partial charge is 0.481 e. The first kappa shape index (κ1) is 15.2. The van der Waals surface area contributed by atoms with Crippen molar-refractivity contribution in [3.05, 3.63) is 27.8 Å². The van der Waals surface area contributed by atoms with Crippen LogP contribution in [0.1, 0.15) is 19.3 Å². The number of carboxylic acids is 1. The predicted molar refractivity (Wildman–Crippen MR) is 82.5 cm³/mol. The summed E-state index contributed by atoms with van der Waals surface area (Å²) in [5.74, 6) is -1.92. The lowest BCUT2D eigenvalue weighted by molar-refractivity contribution is -0.142. The van der Waals surface area contributed by atoms with Gasteiger partial charge >= 0.3 is 5.97 Å². The van der Waals surface area contributed by atoms with Crippen molar-refractivity contribution < 1.29 is 19.4 Å². The Morgan fingerprint density at radius 3 is 2.65 bits per heavy atom. The average Bonchev–Trinajstić information content (AvgIpc) is 2.92. The van der Waals surface area contributed by atoms with Gasteiger partial charge in [0.1, 0.15) is 0 Å². The highest BCUT2D eigenvalue weighted by Crippen LogP contribution is 2.24. The van der Waals surface area contributed by atoms with E-state index in [0.29, 0.717) is 12.3 Å². The van der Waals surface area contributed by atoms with Crippen LogP contribution in [-0.4, -0.2) is 29.7 Å². The first-order valence-electron chi connectivity index (χ1n) is 6.46. The minimum atomic E-state index is -0.983. The molecule has 0 aromatic heterocycles. The second-order valence-electron chi connectivity index (χ2n) is 4.75. The summed E-state index contributed by atoms with van der Waals surface area (Å²) in [6.45, 7) is 0.595. The third-order valence-corrected chi connectivity index (χ3v) is 3.98. The van der Waals surface area contributed by atoms with E-state index >= 15 is 0 Å². The van der Waals surface area contributed by atoms with Gasteiger partial charge < -0.3 is 15.2 Å². The van der Waals surface area contributed by atoms with Gasteiger partial charge in [0.25, 0.3) is 0 Å². The summed E-state index contributed by atoms with van der Waals surface area (Å²) in [5.41, 5.74) is 0.670. The summed E-state index contributed by atoms with van der Waals surface area (Å²) < 4.78 is 6.54. The van der Waals surface area contributed by atoms with Gasteiger partial charge in [-0.1, -0.05) is 0 Å². The number of hydrogen-bond donors (Lipinski definition) is 2. The number of carbonyl (C=O) groups is 2. The molecule has 0 saturated carbocycles. The van der Waals surface area contributed by atoms with Gasteiger partial charge in [-0.15, -0.1) is 0 Å². The molecule has 1 aromatic rings. The molecular formula is C14H16INO4. The fraction of sp³-hybridized carbons (Fsp3) is 0.429. The molecule has 20 heavy (non-hydrogen) atoms. The van der Waals surface area contributed by atoms with Crippen LogP contribution in [0.25, 0.3) is 0 Å². The number of carboxylic acid groups (broad SMARTS) is 1. The van der Waals surface area contributed by atoms with Crippen molar-refractivity contribution in [1.29, 1.82) is 0 Å². The lowest BCUT2D eigenvalue weighted by Gasteiger charge is -2.20. The first-order valence-corrected chi connectivity index (χ1v) is 7.54. The number of amides is 1. The van der Waals surface area contributed by atoms with E-state index in [-0.39, 0.29) is 18.4 Å². The molecule has 2 atom stereocenters. The number of rotatable bonds is 5. The Morgan fingerprint density at radius 1 is 1.40 bits per heavy atom. The van der Waals surface area contributed by atoms with Crippen molar-refractivity contribution in [2.24, 2.45) is 5.92 Å². The minimum absolute atomic E-state index is 0.207. The van der Waals surface area contributed by atoms with Gasteiger partial charge in [-0.25, -0.2) is 0 Å². The quantitative estimate of drug-likeness (QED) is 0.759. The first-order chi connectivity index (χ1) is 9.56. The van der Waals surface area contributed by atoms with Gasteiger partial charge in [-0.2, -0.15) is 0 Å². The van der Waals surface area contributed by atoms with Crippen LogP contribution in [0.15, 0.2) is 24.3 Å². The number of aliphatic carboxylic acids is 1. The summed E-state index contributed by atoms with van der Waals surface area (Å²) in [6, 6.07) is 7.36. The van der Waals surface area contributed by atoms with Crippen LogP contribution in [0.2, 0.25) is 0 Å². The van der Waals surface area contributed by atoms with E-state index in [2.05, 4.69) is 27.9 Å². The number of halogens is 1. The molecule has 0 bridgehead atoms. The average molecular weight is 389 g/mol. The number of hydrogen-bond acceptors (Lipinski definition) is 3. The molecule has 0 spiro atoms. The Hall–Kier alpha value is -1.15. The minimum Gasteiger partial charge on any atom is -0.481 e. The van der Waals surface area contributed by atoms with E-state index < -0.39 is 11.9 Å². The van der Waals surface area contributed by atoms with Crippen LogP contribution in [0.5, 0.6) is 0 Å². The Balaban J connectivity index is 2.05. The Kier molecular flexibility index (Phi) is 5.36. The van der Waals surface area contributed by atoms with E-state index in [1.807, 2.05) is 12.1 Å². The fourth-order valence-electron chi connectivity index (χ4n) is 2.27. The highest BCUT2D eigenvalue weighted by molar-refractivity contribution is 14.1. The summed E-state index contributed by atoms with van der Waals surface area (Å²) >= 11 is 2.18. The lowest BCUT2D eigenvalue weighted by Crippen LogP contribution is -2.34. The van der Waals surface area contributed by atoms with Crippen LogP contribution >= 0.6 is 22.6 Å². The van der Waals surface area contributed by atoms with Crippen LogP contribution in [0.4, 0.5) is 5.69 Å². The van der Waals surface area contributed by atoms with Gasteiger partial charge in [0.15, 0.2) is 0 Å². The summed E-state index contributed by atoms with van der Waals surface area (Å²) in [7, 11) is 0. The molecule has 1 heterocycles. The molecule has 2 N–H and O–H groups in total. The van der Waals surface area contributed by atoms with Crippen molar-refractivity contribution in [1.82, 2.24) is 0 Å². The van der Waals surface area contributed by atoms with Crippen LogP contribution in [0.3, 0.4) is 0 Å². The number of nitrogens with one attached hydrogen (secondary N) is 1. The van der Waals surface area contributed by atoms with Gasteiger partial charge in [-0.3, -0.25) is 9.59 Å². The maximum atomic E-state index is 12.3. The molecule has 1 fully saturated rings. The monoisotopic (exact) mass is 389 g/mol. The molecule has 2 rings (SSSR count). The molecular weight excluding hydrogens is 373 g/mol. The number of anilines is 1. The third-order valence-electron chi connectivity index (χ3n) is 3.26. The number of carbonyl (C=O) groups excluding carboxylic acids is 1. The van der Waals surface area contributed by atoms with Crippen molar-refractivity contribution >= 4 is 40.2 Å². The summed E-state index contributed by atoms with van der Waals surface area (Å²) in [4.78, 5) is 23.2. The zero-order valence-electron chi connectivity index (χ0n) is 10.8. The number of benzene rings is 1. The van der Waals surface area contributed by atoms with Gasteiger partial charge in [0, 0.05) is 15.9 Å². The van der Waals surface area contributed by atoms with Crippen molar-refractivity contribution in [2.75, 3.05) is 11.9 Å². The molecule has 0 unspecified atom stereocenters. The maximum Gasteiger partial charge on any atom is 0.304 e. The molecule has 108 valence electrons. The van der Waals surface area contributed by atoms with Crippen LogP contribution in [0, 0.1) is 9.49 Å². The van der Waals surface area contributed by atoms with E-state index in [4.69, 9.17) is 9.84 Å². The zero-order valence-corrected chi connectivity index (χ0v) is 13.0. The highest BCUT2D eigenvalue weighted by atomic mass is 127. The molecule has 0 aliphatic carbocycles. The Bertz CT molecular complexity index is 482. The van der Waals surface area contributed by atoms with Crippen molar-refractivity contribution in [2.45, 2.75) is 25.4 Å². The molecule has 0 radical (unpaired) electrons. The fourth-order valence-corrected chi connectivity index (χ4v) is 2.63. The standard InChI is InChI=1S/C14H16INO4/c15-9-3-5-10(6-4-9)16-14(19)11(8-13(17)18)12-2-1-7-20-12/h3-6,11-12H,1-2,7-8H2,(H,16,19)(H,17,18)/t11-,12+/m0/s1. The Morgan fingerprint density at radius 2 is 2.10 bits per heavy atom. The molecule has 1 aliphatic rings. The topological polar surface area (TPSA) is 75.6 Å². The molecule has 6 heteroatoms. The molecule has 1 saturated heterocycles. The SMILES string of the molecule is O=C(O)C[C@H](C(=O)Nc1ccc(I)cc1)[C@H]1CCCO1. The van der Waals surface area contributed by atoms with Crippen LogP contribution < -0.4 is 5.32 Å². The van der Waals surface area contributed by atoms with Crippen molar-refractivity contribution in [3.8, 4) is 0 Å². The van der Waals surface area contributed by atoms with Gasteiger partial charge in [0.2, 0.25) is 5.91 Å². The third kappa shape index (κ3) is 4.17. The molecule has 1 aliphatic heterocycles. The summed E-state index contributed by atoms with van der Waals surface area (Å²) in [6.07, 6.45) is 1.10. The van der Waals surface area contributed by atoms with Crippen molar-refractivity contribution in [3.63, 3.8) is 0 Å². The highest BCUT2D eigenvalue weighted by Gasteiger charge is 2.33. The van der Waals surface area contributed by atoms with E-state index in [1.54, 1.807) is 12.1 Å². The van der Waals surface area contributed by atoms with E-state index in [1.165, 1.54) is 0 Å². The maximum absolute atomic E-state index is 12.3. The normalized spacial score (nSPS) is 19.6. The lowest BCUT2D eigenvalue weighted by atomic mass is 9.95. The summed E-state index contributed by atoms with van der Waals surface area (Å²) in [5, 5.41) is 11.7. The molecule has 1 aromatic carbocycles. The van der Waals surface area contributed by atoms with E-state index in [0.717, 1.165) is 16.4 Å². The number of ether oxygens (including phenoxy) is 1. The zero-order chi connectivity index (χ0) is 14.5. The van der Waals surface area contributed by atoms with Gasteiger partial charge in [0.05, 0.1) is 18.4 Å². The smallest absolute Gasteiger partial charge is 0.304 e. The van der Waals surface area contributed by atoms with Crippen LogP contribution in [-0.2, 0) is 14.3 Å². The Labute approximate surface area is 130 Å². The molecule has 5 nitrogen and oxygen atoms in total. The second kappa shape index (κ2) is 7.03. The van der Waals surface area contributed by atoms with Gasteiger partial charge in [-0.05, 0) is 59.7 Å². The predicted octanol–water partition coefficient (Wildman–Crippen LogP) is 2.50.